The maximum absolute atomic E-state index is 6.01. The van der Waals surface area contributed by atoms with Crippen LogP contribution in [0.25, 0.3) is 32.7 Å². The number of hydrogen-bond acceptors (Lipinski definition) is 2. The van der Waals surface area contributed by atoms with Crippen LogP contribution in [0, 0.1) is 0 Å². The zero-order valence-electron chi connectivity index (χ0n) is 9.97. The van der Waals surface area contributed by atoms with E-state index in [4.69, 9.17) is 4.42 Å². The molecule has 4 aromatic rings. The second kappa shape index (κ2) is 3.36. The van der Waals surface area contributed by atoms with Crippen LogP contribution in [0.5, 0.6) is 0 Å². The van der Waals surface area contributed by atoms with Gasteiger partial charge in [0, 0.05) is 28.6 Å². The zero-order valence-corrected chi connectivity index (χ0v) is 9.97. The highest BCUT2D eigenvalue weighted by Gasteiger charge is 2.11. The fourth-order valence-corrected chi connectivity index (χ4v) is 2.62. The highest BCUT2D eigenvalue weighted by molar-refractivity contribution is 6.41. The zero-order chi connectivity index (χ0) is 12.1. The van der Waals surface area contributed by atoms with Gasteiger partial charge >= 0.3 is 0 Å². The van der Waals surface area contributed by atoms with Crippen LogP contribution >= 0.6 is 0 Å². The van der Waals surface area contributed by atoms with E-state index in [2.05, 4.69) is 31.0 Å². The summed E-state index contributed by atoms with van der Waals surface area (Å²) in [6, 6.07) is 12.4. The van der Waals surface area contributed by atoms with Crippen molar-refractivity contribution in [1.29, 1.82) is 0 Å². The Morgan fingerprint density at radius 2 is 1.94 bits per heavy atom. The molecule has 4 rings (SSSR count). The van der Waals surface area contributed by atoms with Crippen LogP contribution in [0.2, 0.25) is 0 Å². The summed E-state index contributed by atoms with van der Waals surface area (Å²) in [6.45, 7) is 0. The summed E-state index contributed by atoms with van der Waals surface area (Å²) in [5.74, 6) is 0. The fourth-order valence-electron chi connectivity index (χ4n) is 2.62. The minimum absolute atomic E-state index is 0.935. The van der Waals surface area contributed by atoms with E-state index in [0.29, 0.717) is 0 Å². The van der Waals surface area contributed by atoms with Gasteiger partial charge in [-0.05, 0) is 23.6 Å². The molecule has 84 valence electrons. The van der Waals surface area contributed by atoms with Crippen LogP contribution < -0.4 is 5.46 Å². The summed E-state index contributed by atoms with van der Waals surface area (Å²) in [4.78, 5) is 4.20. The lowest BCUT2D eigenvalue weighted by Crippen LogP contribution is -2.00. The summed E-state index contributed by atoms with van der Waals surface area (Å²) in [6.07, 6.45) is 3.68. The van der Waals surface area contributed by atoms with E-state index in [1.807, 2.05) is 30.6 Å². The molecule has 0 saturated heterocycles. The number of hydrogen-bond donors (Lipinski definition) is 0. The average Bonchev–Trinajstić information content (AvgIpc) is 2.79. The standard InChI is InChI=1S/C15H10BNO/c16-12-2-1-3-13-14(12)10-5-4-9-6-7-17-8-11(9)15(10)18-13/h1-8H,16H2. The van der Waals surface area contributed by atoms with Gasteiger partial charge in [-0.2, -0.15) is 0 Å². The lowest BCUT2D eigenvalue weighted by molar-refractivity contribution is 0.672. The minimum atomic E-state index is 0.935. The van der Waals surface area contributed by atoms with Crippen LogP contribution in [-0.4, -0.2) is 12.8 Å². The lowest BCUT2D eigenvalue weighted by atomic mass is 9.91. The number of rotatable bonds is 0. The van der Waals surface area contributed by atoms with E-state index < -0.39 is 0 Å². The van der Waals surface area contributed by atoms with E-state index in [0.717, 1.165) is 21.9 Å². The monoisotopic (exact) mass is 231 g/mol. The molecule has 2 aromatic carbocycles. The Bertz CT molecular complexity index is 895. The topological polar surface area (TPSA) is 26.0 Å². The molecular formula is C15H10BNO. The number of furan rings is 1. The largest absolute Gasteiger partial charge is 0.455 e. The first-order valence-corrected chi connectivity index (χ1v) is 5.99. The van der Waals surface area contributed by atoms with Gasteiger partial charge in [0.05, 0.1) is 0 Å². The molecule has 0 saturated carbocycles. The van der Waals surface area contributed by atoms with Crippen LogP contribution in [0.1, 0.15) is 0 Å². The van der Waals surface area contributed by atoms with Crippen LogP contribution in [0.4, 0.5) is 0 Å². The summed E-state index contributed by atoms with van der Waals surface area (Å²) >= 11 is 0. The van der Waals surface area contributed by atoms with Crippen molar-refractivity contribution in [3.05, 3.63) is 48.8 Å². The summed E-state index contributed by atoms with van der Waals surface area (Å²) in [7, 11) is 2.12. The second-order valence-corrected chi connectivity index (χ2v) is 4.59. The molecular weight excluding hydrogens is 221 g/mol. The van der Waals surface area contributed by atoms with Crippen molar-refractivity contribution in [3.8, 4) is 0 Å². The molecule has 0 aliphatic heterocycles. The number of pyridine rings is 1. The van der Waals surface area contributed by atoms with Gasteiger partial charge in [-0.3, -0.25) is 4.98 Å². The first kappa shape index (κ1) is 9.72. The Morgan fingerprint density at radius 3 is 2.89 bits per heavy atom. The minimum Gasteiger partial charge on any atom is -0.455 e. The number of nitrogens with zero attached hydrogens (tertiary/aromatic N) is 1. The third-order valence-electron chi connectivity index (χ3n) is 3.49. The van der Waals surface area contributed by atoms with Crippen molar-refractivity contribution in [1.82, 2.24) is 4.98 Å². The quantitative estimate of drug-likeness (QED) is 0.434. The van der Waals surface area contributed by atoms with Gasteiger partial charge in [-0.25, -0.2) is 0 Å². The van der Waals surface area contributed by atoms with Crippen molar-refractivity contribution in [2.75, 3.05) is 0 Å². The molecule has 0 spiro atoms. The van der Waals surface area contributed by atoms with Crippen molar-refractivity contribution in [2.45, 2.75) is 0 Å². The fraction of sp³-hybridized carbons (Fsp3) is 0. The van der Waals surface area contributed by atoms with Crippen molar-refractivity contribution >= 4 is 46.0 Å². The molecule has 0 atom stereocenters. The Balaban J connectivity index is 2.34. The van der Waals surface area contributed by atoms with Gasteiger partial charge in [0.25, 0.3) is 0 Å². The molecule has 0 bridgehead atoms. The van der Waals surface area contributed by atoms with E-state index in [1.54, 1.807) is 0 Å². The van der Waals surface area contributed by atoms with E-state index in [1.165, 1.54) is 16.2 Å². The molecule has 0 aliphatic rings. The lowest BCUT2D eigenvalue weighted by Gasteiger charge is -1.97. The summed E-state index contributed by atoms with van der Waals surface area (Å²) in [5.41, 5.74) is 3.13. The first-order valence-electron chi connectivity index (χ1n) is 5.99. The Kier molecular flexibility index (Phi) is 1.81. The molecule has 2 heterocycles. The third-order valence-corrected chi connectivity index (χ3v) is 3.49. The first-order chi connectivity index (χ1) is 8.84. The van der Waals surface area contributed by atoms with Gasteiger partial charge in [-0.15, -0.1) is 0 Å². The van der Waals surface area contributed by atoms with Gasteiger partial charge < -0.3 is 4.42 Å². The summed E-state index contributed by atoms with van der Waals surface area (Å²) < 4.78 is 6.01. The maximum Gasteiger partial charge on any atom is 0.144 e. The normalized spacial score (nSPS) is 11.6. The van der Waals surface area contributed by atoms with Gasteiger partial charge in [-0.1, -0.05) is 23.7 Å². The predicted molar refractivity (Wildman–Crippen MR) is 77.2 cm³/mol. The molecule has 3 heteroatoms. The number of fused-ring (bicyclic) bond motifs is 5. The Labute approximate surface area is 105 Å². The molecule has 0 aliphatic carbocycles. The van der Waals surface area contributed by atoms with Crippen molar-refractivity contribution < 1.29 is 4.42 Å². The third kappa shape index (κ3) is 1.16. The second-order valence-electron chi connectivity index (χ2n) is 4.59. The van der Waals surface area contributed by atoms with E-state index in [9.17, 15) is 0 Å². The van der Waals surface area contributed by atoms with E-state index in [-0.39, 0.29) is 0 Å². The van der Waals surface area contributed by atoms with Crippen LogP contribution in [-0.2, 0) is 0 Å². The molecule has 2 nitrogen and oxygen atoms in total. The number of benzene rings is 2. The van der Waals surface area contributed by atoms with Gasteiger partial charge in [0.1, 0.15) is 19.0 Å². The molecule has 18 heavy (non-hydrogen) atoms. The maximum atomic E-state index is 6.01. The number of aromatic nitrogens is 1. The molecule has 2 aromatic heterocycles. The molecule has 0 fully saturated rings. The van der Waals surface area contributed by atoms with E-state index >= 15 is 0 Å². The highest BCUT2D eigenvalue weighted by atomic mass is 16.3. The average molecular weight is 231 g/mol. The Hall–Kier alpha value is -2.29. The molecule has 0 unspecified atom stereocenters. The smallest absolute Gasteiger partial charge is 0.144 e. The van der Waals surface area contributed by atoms with Crippen LogP contribution in [0.15, 0.2) is 53.2 Å². The predicted octanol–water partition coefficient (Wildman–Crippen LogP) is 2.39. The molecule has 0 amide bonds. The molecule has 0 N–H and O–H groups in total. The van der Waals surface area contributed by atoms with Gasteiger partial charge in [0.2, 0.25) is 0 Å². The van der Waals surface area contributed by atoms with Gasteiger partial charge in [0.15, 0.2) is 0 Å². The van der Waals surface area contributed by atoms with Crippen molar-refractivity contribution in [2.24, 2.45) is 0 Å². The highest BCUT2D eigenvalue weighted by Crippen LogP contribution is 2.32. The van der Waals surface area contributed by atoms with Crippen molar-refractivity contribution in [3.63, 3.8) is 0 Å². The van der Waals surface area contributed by atoms with Crippen LogP contribution in [0.3, 0.4) is 0 Å². The SMILES string of the molecule is Bc1cccc2oc3c4cnccc4ccc3c12. The summed E-state index contributed by atoms with van der Waals surface area (Å²) in [5, 5.41) is 4.61. The molecule has 0 radical (unpaired) electrons. The Morgan fingerprint density at radius 1 is 1.00 bits per heavy atom.